The Hall–Kier alpha value is -4.27. The molecule has 0 bridgehead atoms. The number of imide groups is 1. The second-order valence-electron chi connectivity index (χ2n) is 6.48. The molecule has 150 valence electrons. The predicted molar refractivity (Wildman–Crippen MR) is 104 cm³/mol. The lowest BCUT2D eigenvalue weighted by Gasteiger charge is -2.11. The molecule has 3 amide bonds. The Morgan fingerprint density at radius 2 is 1.80 bits per heavy atom. The summed E-state index contributed by atoms with van der Waals surface area (Å²) in [7, 11) is 0. The number of para-hydroxylation sites is 1. The topological polar surface area (TPSA) is 106 Å². The molecule has 2 aromatic carbocycles. The van der Waals surface area contributed by atoms with Crippen LogP contribution in [0, 0.1) is 15.9 Å². The van der Waals surface area contributed by atoms with Crippen molar-refractivity contribution in [3.05, 3.63) is 93.6 Å². The van der Waals surface area contributed by atoms with Gasteiger partial charge in [-0.25, -0.2) is 9.18 Å². The Bertz CT molecular complexity index is 1180. The number of nitrogens with zero attached hydrogens (tertiary/aromatic N) is 2. The molecule has 1 aliphatic rings. The van der Waals surface area contributed by atoms with Gasteiger partial charge in [0.15, 0.2) is 0 Å². The summed E-state index contributed by atoms with van der Waals surface area (Å²) in [6, 6.07) is 14.1. The zero-order valence-corrected chi connectivity index (χ0v) is 15.4. The number of furan rings is 1. The third-order valence-corrected chi connectivity index (χ3v) is 4.50. The van der Waals surface area contributed by atoms with Gasteiger partial charge in [0.2, 0.25) is 0 Å². The zero-order valence-electron chi connectivity index (χ0n) is 15.4. The number of carbonyl (C=O) groups is 2. The monoisotopic (exact) mass is 407 g/mol. The standard InChI is InChI=1S/C21H14FN3O5/c22-14-7-5-13(6-8-14)12-24-20(26)17(23-21(24)27)11-15-9-10-19(30-15)16-3-1-2-4-18(16)25(28)29/h1-11H,12H2,(H,23,27). The maximum absolute atomic E-state index is 13.0. The van der Waals surface area contributed by atoms with Crippen LogP contribution in [0.2, 0.25) is 0 Å². The highest BCUT2D eigenvalue weighted by atomic mass is 19.1. The van der Waals surface area contributed by atoms with Gasteiger partial charge in [0.05, 0.1) is 17.0 Å². The average Bonchev–Trinajstić information content (AvgIpc) is 3.30. The van der Waals surface area contributed by atoms with Crippen LogP contribution >= 0.6 is 0 Å². The molecule has 0 radical (unpaired) electrons. The number of nitro benzene ring substituents is 1. The van der Waals surface area contributed by atoms with E-state index in [0.29, 0.717) is 11.1 Å². The normalized spacial score (nSPS) is 15.0. The molecule has 0 aliphatic carbocycles. The molecule has 2 heterocycles. The van der Waals surface area contributed by atoms with Crippen LogP contribution in [0.3, 0.4) is 0 Å². The van der Waals surface area contributed by atoms with Crippen LogP contribution in [0.25, 0.3) is 17.4 Å². The highest BCUT2D eigenvalue weighted by Crippen LogP contribution is 2.31. The summed E-state index contributed by atoms with van der Waals surface area (Å²) in [6.45, 7) is -0.0120. The van der Waals surface area contributed by atoms with Gasteiger partial charge in [0.1, 0.15) is 23.0 Å². The molecular formula is C21H14FN3O5. The number of carbonyl (C=O) groups excluding carboxylic acids is 2. The molecule has 1 aromatic heterocycles. The number of amides is 3. The zero-order chi connectivity index (χ0) is 21.3. The summed E-state index contributed by atoms with van der Waals surface area (Å²) in [6.07, 6.45) is 1.35. The number of hydrogen-bond donors (Lipinski definition) is 1. The summed E-state index contributed by atoms with van der Waals surface area (Å²) < 4.78 is 18.7. The van der Waals surface area contributed by atoms with Gasteiger partial charge in [0, 0.05) is 12.1 Å². The fourth-order valence-corrected chi connectivity index (χ4v) is 3.05. The second kappa shape index (κ2) is 7.63. The molecule has 1 aliphatic heterocycles. The average molecular weight is 407 g/mol. The van der Waals surface area contributed by atoms with Crippen molar-refractivity contribution in [1.29, 1.82) is 0 Å². The van der Waals surface area contributed by atoms with E-state index >= 15 is 0 Å². The quantitative estimate of drug-likeness (QED) is 0.297. The van der Waals surface area contributed by atoms with Gasteiger partial charge < -0.3 is 9.73 Å². The molecule has 8 nitrogen and oxygen atoms in total. The summed E-state index contributed by atoms with van der Waals surface area (Å²) in [5.41, 5.74) is 0.789. The number of rotatable bonds is 5. The number of nitrogens with one attached hydrogen (secondary N) is 1. The number of nitro groups is 1. The molecule has 0 spiro atoms. The van der Waals surface area contributed by atoms with Crippen LogP contribution in [-0.4, -0.2) is 21.8 Å². The van der Waals surface area contributed by atoms with Crippen molar-refractivity contribution >= 4 is 23.7 Å². The maximum Gasteiger partial charge on any atom is 0.329 e. The SMILES string of the molecule is O=C1NC(=Cc2ccc(-c3ccccc3[N+](=O)[O-])o2)C(=O)N1Cc1ccc(F)cc1. The predicted octanol–water partition coefficient (Wildman–Crippen LogP) is 4.09. The second-order valence-corrected chi connectivity index (χ2v) is 6.48. The Morgan fingerprint density at radius 1 is 1.07 bits per heavy atom. The minimum Gasteiger partial charge on any atom is -0.456 e. The molecule has 0 unspecified atom stereocenters. The van der Waals surface area contributed by atoms with Crippen molar-refractivity contribution in [2.24, 2.45) is 0 Å². The third kappa shape index (κ3) is 3.68. The van der Waals surface area contributed by atoms with Crippen molar-refractivity contribution in [1.82, 2.24) is 10.2 Å². The summed E-state index contributed by atoms with van der Waals surface area (Å²) in [5.74, 6) is -0.471. The summed E-state index contributed by atoms with van der Waals surface area (Å²) >= 11 is 0. The molecule has 4 rings (SSSR count). The van der Waals surface area contributed by atoms with Gasteiger partial charge in [-0.15, -0.1) is 0 Å². The Balaban J connectivity index is 1.56. The Morgan fingerprint density at radius 3 is 2.53 bits per heavy atom. The van der Waals surface area contributed by atoms with Crippen molar-refractivity contribution in [3.63, 3.8) is 0 Å². The number of urea groups is 1. The lowest BCUT2D eigenvalue weighted by molar-refractivity contribution is -0.384. The van der Waals surface area contributed by atoms with Crippen molar-refractivity contribution in [2.45, 2.75) is 6.54 Å². The molecule has 30 heavy (non-hydrogen) atoms. The van der Waals surface area contributed by atoms with E-state index in [1.165, 1.54) is 36.4 Å². The molecule has 1 fully saturated rings. The first-order chi connectivity index (χ1) is 14.4. The number of halogens is 1. The first-order valence-corrected chi connectivity index (χ1v) is 8.85. The fourth-order valence-electron chi connectivity index (χ4n) is 3.05. The van der Waals surface area contributed by atoms with Gasteiger partial charge in [-0.2, -0.15) is 0 Å². The van der Waals surface area contributed by atoms with E-state index < -0.39 is 22.7 Å². The lowest BCUT2D eigenvalue weighted by Crippen LogP contribution is -2.30. The van der Waals surface area contributed by atoms with Gasteiger partial charge >= 0.3 is 6.03 Å². The molecule has 1 saturated heterocycles. The largest absolute Gasteiger partial charge is 0.456 e. The minimum atomic E-state index is -0.610. The Kier molecular flexibility index (Phi) is 4.85. The smallest absolute Gasteiger partial charge is 0.329 e. The summed E-state index contributed by atoms with van der Waals surface area (Å²) in [4.78, 5) is 36.4. The van der Waals surface area contributed by atoms with E-state index in [1.54, 1.807) is 30.3 Å². The van der Waals surface area contributed by atoms with Gasteiger partial charge in [0.25, 0.3) is 11.6 Å². The molecular weight excluding hydrogens is 393 g/mol. The molecule has 1 N–H and O–H groups in total. The van der Waals surface area contributed by atoms with Gasteiger partial charge in [-0.05, 0) is 35.9 Å². The van der Waals surface area contributed by atoms with Crippen LogP contribution in [0.4, 0.5) is 14.9 Å². The molecule has 0 atom stereocenters. The van der Waals surface area contributed by atoms with Crippen LogP contribution in [0.1, 0.15) is 11.3 Å². The van der Waals surface area contributed by atoms with E-state index in [1.807, 2.05) is 0 Å². The fraction of sp³-hybridized carbons (Fsp3) is 0.0476. The van der Waals surface area contributed by atoms with E-state index in [4.69, 9.17) is 4.42 Å². The van der Waals surface area contributed by atoms with Crippen LogP contribution in [0.15, 0.2) is 70.8 Å². The molecule has 0 saturated carbocycles. The highest BCUT2D eigenvalue weighted by Gasteiger charge is 2.33. The Labute approximate surface area is 169 Å². The first kappa shape index (κ1) is 19.1. The minimum absolute atomic E-state index is 0.00516. The van der Waals surface area contributed by atoms with Crippen LogP contribution in [-0.2, 0) is 11.3 Å². The highest BCUT2D eigenvalue weighted by molar-refractivity contribution is 6.13. The first-order valence-electron chi connectivity index (χ1n) is 8.85. The van der Waals surface area contributed by atoms with Crippen molar-refractivity contribution in [3.8, 4) is 11.3 Å². The van der Waals surface area contributed by atoms with E-state index in [-0.39, 0.29) is 29.4 Å². The van der Waals surface area contributed by atoms with E-state index in [2.05, 4.69) is 5.32 Å². The molecule has 3 aromatic rings. The van der Waals surface area contributed by atoms with Gasteiger partial charge in [-0.1, -0.05) is 24.3 Å². The van der Waals surface area contributed by atoms with Gasteiger partial charge in [-0.3, -0.25) is 19.8 Å². The van der Waals surface area contributed by atoms with Crippen molar-refractivity contribution < 1.29 is 23.3 Å². The number of benzene rings is 2. The maximum atomic E-state index is 13.0. The summed E-state index contributed by atoms with van der Waals surface area (Å²) in [5, 5.41) is 13.7. The van der Waals surface area contributed by atoms with Crippen LogP contribution in [0.5, 0.6) is 0 Å². The van der Waals surface area contributed by atoms with E-state index in [0.717, 1.165) is 4.90 Å². The number of hydrogen-bond acceptors (Lipinski definition) is 5. The third-order valence-electron chi connectivity index (χ3n) is 4.50. The molecule has 9 heteroatoms. The lowest BCUT2D eigenvalue weighted by atomic mass is 10.1. The van der Waals surface area contributed by atoms with Crippen LogP contribution < -0.4 is 5.32 Å². The van der Waals surface area contributed by atoms with Crippen molar-refractivity contribution in [2.75, 3.05) is 0 Å². The van der Waals surface area contributed by atoms with E-state index in [9.17, 15) is 24.1 Å².